The number of hydrogen-bond acceptors (Lipinski definition) is 4. The Kier molecular flexibility index (Phi) is 13.1. The first-order chi connectivity index (χ1) is 13.8. The van der Waals surface area contributed by atoms with Crippen molar-refractivity contribution >= 4 is 11.4 Å². The predicted octanol–water partition coefficient (Wildman–Crippen LogP) is 7.63. The Morgan fingerprint density at radius 1 is 0.679 bits per heavy atom. The fraction of sp³-hybridized carbons (Fsp3) is 0.545. The van der Waals surface area contributed by atoms with Crippen molar-refractivity contribution in [1.29, 1.82) is 0 Å². The van der Waals surface area contributed by atoms with Crippen LogP contribution in [0.4, 0.5) is 11.4 Å². The molecule has 154 valence electrons. The second kappa shape index (κ2) is 15.5. The Morgan fingerprint density at radius 2 is 1.07 bits per heavy atom. The number of nitroso groups, excluding NO2 is 2. The Balaban J connectivity index is 2.58. The molecule has 0 spiro atoms. The van der Waals surface area contributed by atoms with Crippen molar-refractivity contribution in [3.05, 3.63) is 58.6 Å². The van der Waals surface area contributed by atoms with Crippen LogP contribution < -0.4 is 10.0 Å². The van der Waals surface area contributed by atoms with Crippen LogP contribution >= 0.6 is 0 Å². The Hall–Kier alpha value is -2.50. The van der Waals surface area contributed by atoms with E-state index in [1.807, 2.05) is 12.2 Å². The summed E-state index contributed by atoms with van der Waals surface area (Å²) in [7, 11) is 0. The first kappa shape index (κ1) is 23.5. The summed E-state index contributed by atoms with van der Waals surface area (Å²) in [5.41, 5.74) is 1.30. The van der Waals surface area contributed by atoms with Crippen LogP contribution in [0, 0.1) is 9.81 Å². The van der Waals surface area contributed by atoms with Gasteiger partial charge < -0.3 is 0 Å². The number of anilines is 2. The normalized spacial score (nSPS) is 11.2. The summed E-state index contributed by atoms with van der Waals surface area (Å²) in [5, 5.41) is 8.71. The molecule has 1 aromatic rings. The Morgan fingerprint density at radius 3 is 1.39 bits per heavy atom. The van der Waals surface area contributed by atoms with Gasteiger partial charge in [-0.2, -0.15) is 0 Å². The van der Waals surface area contributed by atoms with E-state index < -0.39 is 0 Å². The molecule has 1 rings (SSSR count). The summed E-state index contributed by atoms with van der Waals surface area (Å²) in [5.74, 6) is 0. The average molecular weight is 387 g/mol. The lowest BCUT2D eigenvalue weighted by Gasteiger charge is -2.13. The van der Waals surface area contributed by atoms with Crippen LogP contribution in [0.1, 0.15) is 78.1 Å². The van der Waals surface area contributed by atoms with Crippen LogP contribution in [0.5, 0.6) is 0 Å². The molecule has 1 aromatic carbocycles. The van der Waals surface area contributed by atoms with E-state index in [0.717, 1.165) is 25.7 Å². The van der Waals surface area contributed by atoms with Gasteiger partial charge in [-0.15, -0.1) is 9.81 Å². The lowest BCUT2D eigenvalue weighted by molar-refractivity contribution is 0.674. The number of nitrogens with zero attached hydrogens (tertiary/aromatic N) is 4. The zero-order chi connectivity index (χ0) is 20.5. The highest BCUT2D eigenvalue weighted by Gasteiger charge is 2.06. The van der Waals surface area contributed by atoms with Crippen LogP contribution in [-0.4, -0.2) is 0 Å². The number of benzene rings is 1. The van der Waals surface area contributed by atoms with Gasteiger partial charge in [-0.3, -0.25) is 0 Å². The van der Waals surface area contributed by atoms with Gasteiger partial charge in [0.25, 0.3) is 0 Å². The summed E-state index contributed by atoms with van der Waals surface area (Å²) >= 11 is 0. The minimum Gasteiger partial charge on any atom is -0.205 e. The van der Waals surface area contributed by atoms with Crippen LogP contribution in [0.15, 0.2) is 59.4 Å². The fourth-order valence-corrected chi connectivity index (χ4v) is 2.81. The van der Waals surface area contributed by atoms with Gasteiger partial charge in [-0.1, -0.05) is 64.5 Å². The van der Waals surface area contributed by atoms with E-state index in [0.29, 0.717) is 11.4 Å². The molecule has 0 radical (unpaired) electrons. The molecule has 0 fully saturated rings. The maximum absolute atomic E-state index is 11.1. The second-order valence-electron chi connectivity index (χ2n) is 6.84. The first-order valence-electron chi connectivity index (χ1n) is 10.4. The highest BCUT2D eigenvalue weighted by atomic mass is 16.3. The summed E-state index contributed by atoms with van der Waals surface area (Å²) in [6, 6.07) is 7.02. The minimum absolute atomic E-state index is 0.651. The van der Waals surface area contributed by atoms with E-state index in [-0.39, 0.29) is 0 Å². The van der Waals surface area contributed by atoms with E-state index in [9.17, 15) is 9.81 Å². The van der Waals surface area contributed by atoms with Gasteiger partial charge in [0.1, 0.15) is 0 Å². The van der Waals surface area contributed by atoms with Gasteiger partial charge in [0.05, 0.1) is 21.9 Å². The van der Waals surface area contributed by atoms with Crippen molar-refractivity contribution in [3.8, 4) is 0 Å². The van der Waals surface area contributed by atoms with E-state index in [2.05, 4.69) is 24.4 Å². The number of unbranched alkanes of at least 4 members (excludes halogenated alkanes) is 8. The van der Waals surface area contributed by atoms with Crippen LogP contribution in [0.3, 0.4) is 0 Å². The van der Waals surface area contributed by atoms with Crippen molar-refractivity contribution in [2.45, 2.75) is 78.1 Å². The molecule has 0 saturated carbocycles. The molecule has 0 aliphatic carbocycles. The average Bonchev–Trinajstić information content (AvgIpc) is 2.73. The molecule has 6 nitrogen and oxygen atoms in total. The van der Waals surface area contributed by atoms with E-state index in [1.54, 1.807) is 36.7 Å². The molecule has 0 atom stereocenters. The van der Waals surface area contributed by atoms with E-state index >= 15 is 0 Å². The molecule has 0 bridgehead atoms. The zero-order valence-electron chi connectivity index (χ0n) is 17.3. The van der Waals surface area contributed by atoms with Gasteiger partial charge >= 0.3 is 0 Å². The number of rotatable bonds is 16. The lowest BCUT2D eigenvalue weighted by atomic mass is 10.1. The molecule has 0 saturated heterocycles. The zero-order valence-corrected chi connectivity index (χ0v) is 17.3. The van der Waals surface area contributed by atoms with Crippen LogP contribution in [-0.2, 0) is 0 Å². The Labute approximate surface area is 169 Å². The number of allylic oxidation sites excluding steroid dienone is 2. The maximum atomic E-state index is 11.1. The van der Waals surface area contributed by atoms with E-state index in [4.69, 9.17) is 0 Å². The second-order valence-corrected chi connectivity index (χ2v) is 6.84. The van der Waals surface area contributed by atoms with E-state index in [1.165, 1.54) is 48.5 Å². The first-order valence-corrected chi connectivity index (χ1v) is 10.4. The minimum atomic E-state index is 0.651. The van der Waals surface area contributed by atoms with Crippen molar-refractivity contribution in [2.24, 2.45) is 10.6 Å². The summed E-state index contributed by atoms with van der Waals surface area (Å²) in [6.07, 6.45) is 18.7. The van der Waals surface area contributed by atoms with Gasteiger partial charge in [-0.05, 0) is 49.9 Å². The summed E-state index contributed by atoms with van der Waals surface area (Å²) in [4.78, 5) is 22.3. The molecule has 0 aliphatic heterocycles. The monoisotopic (exact) mass is 386 g/mol. The van der Waals surface area contributed by atoms with Crippen molar-refractivity contribution in [3.63, 3.8) is 0 Å². The third kappa shape index (κ3) is 9.44. The Bertz CT molecular complexity index is 546. The molecule has 28 heavy (non-hydrogen) atoms. The lowest BCUT2D eigenvalue weighted by Crippen LogP contribution is -2.08. The summed E-state index contributed by atoms with van der Waals surface area (Å²) < 4.78 is 0. The van der Waals surface area contributed by atoms with Gasteiger partial charge in [0, 0.05) is 12.4 Å². The topological polar surface area (TPSA) is 65.3 Å². The van der Waals surface area contributed by atoms with Gasteiger partial charge in [-0.25, -0.2) is 10.0 Å². The molecule has 6 heteroatoms. The smallest absolute Gasteiger partial charge is 0.0679 e. The summed E-state index contributed by atoms with van der Waals surface area (Å²) in [6.45, 7) is 4.37. The SMILES string of the molecule is CCCCCC/C=C/N(N=O)c1ccc(N(/C=C/CCCCCC)N=O)cc1. The highest BCUT2D eigenvalue weighted by Crippen LogP contribution is 2.22. The fourth-order valence-electron chi connectivity index (χ4n) is 2.81. The van der Waals surface area contributed by atoms with Gasteiger partial charge in [0.2, 0.25) is 0 Å². The molecule has 0 unspecified atom stereocenters. The van der Waals surface area contributed by atoms with Crippen molar-refractivity contribution in [2.75, 3.05) is 10.0 Å². The molecular formula is C22H34N4O2. The van der Waals surface area contributed by atoms with Crippen molar-refractivity contribution in [1.82, 2.24) is 0 Å². The van der Waals surface area contributed by atoms with Crippen molar-refractivity contribution < 1.29 is 0 Å². The largest absolute Gasteiger partial charge is 0.205 e. The van der Waals surface area contributed by atoms with Gasteiger partial charge in [0.15, 0.2) is 0 Å². The van der Waals surface area contributed by atoms with Crippen LogP contribution in [0.2, 0.25) is 0 Å². The standard InChI is InChI=1S/C22H34N4O2/c1-3-5-7-9-11-13-19-25(23-27)21-15-17-22(18-16-21)26(24-28)20-14-12-10-8-6-4-2/h13-20H,3-12H2,1-2H3/b19-13+,20-14+. The molecule has 0 aromatic heterocycles. The molecule has 0 aliphatic rings. The molecule has 0 heterocycles. The predicted molar refractivity (Wildman–Crippen MR) is 119 cm³/mol. The maximum Gasteiger partial charge on any atom is 0.0679 e. The number of hydrogen-bond donors (Lipinski definition) is 0. The molecule has 0 amide bonds. The van der Waals surface area contributed by atoms with Crippen LogP contribution in [0.25, 0.3) is 0 Å². The quantitative estimate of drug-likeness (QED) is 0.166. The highest BCUT2D eigenvalue weighted by molar-refractivity contribution is 5.57. The molecular weight excluding hydrogens is 352 g/mol. The third-order valence-electron chi connectivity index (χ3n) is 4.50. The third-order valence-corrected chi connectivity index (χ3v) is 4.50. The molecule has 0 N–H and O–H groups in total.